The molecule has 0 aromatic carbocycles. The number of anilines is 1. The van der Waals surface area contributed by atoms with Gasteiger partial charge in [-0.1, -0.05) is 17.4 Å². The lowest BCUT2D eigenvalue weighted by Crippen LogP contribution is -2.35. The van der Waals surface area contributed by atoms with Crippen LogP contribution in [-0.2, 0) is 13.0 Å². The predicted octanol–water partition coefficient (Wildman–Crippen LogP) is 3.34. The SMILES string of the molecule is O=C(Nc1nc2c(s1)CN(C(=O)c1ccc(Br)o1)CC2)c1ccccn1. The van der Waals surface area contributed by atoms with Crippen molar-refractivity contribution < 1.29 is 14.0 Å². The van der Waals surface area contributed by atoms with E-state index in [0.29, 0.717) is 40.8 Å². The molecule has 4 heterocycles. The van der Waals surface area contributed by atoms with E-state index < -0.39 is 0 Å². The second-order valence-corrected chi connectivity index (χ2v) is 7.50. The number of rotatable bonds is 3. The predicted molar refractivity (Wildman–Crippen MR) is 99.2 cm³/mol. The van der Waals surface area contributed by atoms with Gasteiger partial charge in [0.2, 0.25) is 0 Å². The number of hydrogen-bond donors (Lipinski definition) is 1. The van der Waals surface area contributed by atoms with Crippen molar-refractivity contribution in [2.24, 2.45) is 0 Å². The van der Waals surface area contributed by atoms with E-state index in [0.717, 1.165) is 10.6 Å². The normalized spacial score (nSPS) is 13.3. The Labute approximate surface area is 161 Å². The minimum Gasteiger partial charge on any atom is -0.444 e. The molecular weight excluding hydrogens is 420 g/mol. The molecule has 4 rings (SSSR count). The molecule has 2 amide bonds. The quantitative estimate of drug-likeness (QED) is 0.685. The highest BCUT2D eigenvalue weighted by atomic mass is 79.9. The molecule has 1 aliphatic heterocycles. The van der Waals surface area contributed by atoms with Crippen LogP contribution in [0.4, 0.5) is 5.13 Å². The second kappa shape index (κ2) is 7.00. The Bertz CT molecular complexity index is 970. The Balaban J connectivity index is 1.47. The number of carbonyl (C=O) groups is 2. The zero-order chi connectivity index (χ0) is 18.1. The van der Waals surface area contributed by atoms with Crippen LogP contribution in [0.1, 0.15) is 31.6 Å². The van der Waals surface area contributed by atoms with Crippen molar-refractivity contribution >= 4 is 44.2 Å². The van der Waals surface area contributed by atoms with Crippen LogP contribution < -0.4 is 5.32 Å². The van der Waals surface area contributed by atoms with Crippen LogP contribution in [0.3, 0.4) is 0 Å². The van der Waals surface area contributed by atoms with Gasteiger partial charge in [-0.3, -0.25) is 19.9 Å². The molecule has 0 saturated heterocycles. The Hall–Kier alpha value is -2.52. The lowest BCUT2D eigenvalue weighted by atomic mass is 10.1. The Morgan fingerprint density at radius 3 is 2.88 bits per heavy atom. The summed E-state index contributed by atoms with van der Waals surface area (Å²) >= 11 is 4.58. The topological polar surface area (TPSA) is 88.3 Å². The van der Waals surface area contributed by atoms with Gasteiger partial charge in [0.1, 0.15) is 5.69 Å². The summed E-state index contributed by atoms with van der Waals surface area (Å²) in [6.45, 7) is 1.01. The summed E-state index contributed by atoms with van der Waals surface area (Å²) < 4.78 is 5.87. The fraction of sp³-hybridized carbons (Fsp3) is 0.176. The van der Waals surface area contributed by atoms with Gasteiger partial charge in [-0.2, -0.15) is 0 Å². The molecule has 3 aromatic rings. The van der Waals surface area contributed by atoms with Gasteiger partial charge < -0.3 is 9.32 Å². The maximum absolute atomic E-state index is 12.5. The van der Waals surface area contributed by atoms with Crippen LogP contribution in [0.2, 0.25) is 0 Å². The first-order chi connectivity index (χ1) is 12.6. The molecule has 26 heavy (non-hydrogen) atoms. The number of amides is 2. The van der Waals surface area contributed by atoms with E-state index in [1.807, 2.05) is 0 Å². The number of fused-ring (bicyclic) bond motifs is 1. The average molecular weight is 433 g/mol. The first kappa shape index (κ1) is 16.9. The van der Waals surface area contributed by atoms with E-state index in [4.69, 9.17) is 4.42 Å². The Morgan fingerprint density at radius 1 is 1.27 bits per heavy atom. The molecule has 1 N–H and O–H groups in total. The molecule has 0 unspecified atom stereocenters. The number of thiazole rings is 1. The lowest BCUT2D eigenvalue weighted by molar-refractivity contribution is 0.0702. The average Bonchev–Trinajstić information content (AvgIpc) is 3.26. The minimum absolute atomic E-state index is 0.158. The van der Waals surface area contributed by atoms with Gasteiger partial charge in [0.05, 0.1) is 12.2 Å². The molecule has 0 spiro atoms. The third kappa shape index (κ3) is 3.40. The van der Waals surface area contributed by atoms with Crippen LogP contribution in [0, 0.1) is 0 Å². The number of aromatic nitrogens is 2. The van der Waals surface area contributed by atoms with Crippen molar-refractivity contribution in [1.82, 2.24) is 14.9 Å². The molecule has 0 atom stereocenters. The number of nitrogens with zero attached hydrogens (tertiary/aromatic N) is 3. The van der Waals surface area contributed by atoms with Crippen molar-refractivity contribution in [1.29, 1.82) is 0 Å². The molecule has 1 aliphatic rings. The third-order valence-electron chi connectivity index (χ3n) is 3.92. The van der Waals surface area contributed by atoms with Crippen molar-refractivity contribution in [3.05, 3.63) is 63.2 Å². The van der Waals surface area contributed by atoms with Crippen LogP contribution >= 0.6 is 27.3 Å². The van der Waals surface area contributed by atoms with Crippen molar-refractivity contribution in [3.8, 4) is 0 Å². The molecular formula is C17H13BrN4O3S. The Morgan fingerprint density at radius 2 is 2.15 bits per heavy atom. The molecule has 0 bridgehead atoms. The number of carbonyl (C=O) groups excluding carboxylic acids is 2. The highest BCUT2D eigenvalue weighted by Crippen LogP contribution is 2.29. The van der Waals surface area contributed by atoms with Gasteiger partial charge in [-0.25, -0.2) is 4.98 Å². The summed E-state index contributed by atoms with van der Waals surface area (Å²) in [5, 5.41) is 3.29. The summed E-state index contributed by atoms with van der Waals surface area (Å²) in [7, 11) is 0. The van der Waals surface area contributed by atoms with E-state index in [9.17, 15) is 9.59 Å². The zero-order valence-corrected chi connectivity index (χ0v) is 15.8. The summed E-state index contributed by atoms with van der Waals surface area (Å²) in [6, 6.07) is 8.49. The van der Waals surface area contributed by atoms with Gasteiger partial charge in [-0.15, -0.1) is 0 Å². The molecule has 132 valence electrons. The molecule has 0 saturated carbocycles. The highest BCUT2D eigenvalue weighted by Gasteiger charge is 2.27. The van der Waals surface area contributed by atoms with Crippen molar-refractivity contribution in [3.63, 3.8) is 0 Å². The van der Waals surface area contributed by atoms with Gasteiger partial charge >= 0.3 is 0 Å². The van der Waals surface area contributed by atoms with Crippen LogP contribution in [0.5, 0.6) is 0 Å². The number of pyridine rings is 1. The Kier molecular flexibility index (Phi) is 4.56. The molecule has 0 fully saturated rings. The maximum Gasteiger partial charge on any atom is 0.289 e. The molecule has 0 aliphatic carbocycles. The van der Waals surface area contributed by atoms with E-state index >= 15 is 0 Å². The van der Waals surface area contributed by atoms with Gasteiger partial charge in [-0.05, 0) is 40.2 Å². The first-order valence-electron chi connectivity index (χ1n) is 7.86. The van der Waals surface area contributed by atoms with Crippen LogP contribution in [-0.4, -0.2) is 33.2 Å². The standard InChI is InChI=1S/C17H13BrN4O3S/c18-14-5-4-12(25-14)16(24)22-8-6-10-13(9-22)26-17(20-10)21-15(23)11-3-1-2-7-19-11/h1-5,7H,6,8-9H2,(H,20,21,23). The maximum atomic E-state index is 12.5. The summed E-state index contributed by atoms with van der Waals surface area (Å²) in [5.74, 6) is -0.160. The molecule has 3 aromatic heterocycles. The number of halogens is 1. The molecule has 7 nitrogen and oxygen atoms in total. The van der Waals surface area contributed by atoms with E-state index in [2.05, 4.69) is 31.2 Å². The van der Waals surface area contributed by atoms with Crippen LogP contribution in [0.15, 0.2) is 45.6 Å². The highest BCUT2D eigenvalue weighted by molar-refractivity contribution is 9.10. The van der Waals surface area contributed by atoms with Crippen molar-refractivity contribution in [2.75, 3.05) is 11.9 Å². The lowest BCUT2D eigenvalue weighted by Gasteiger charge is -2.25. The fourth-order valence-electron chi connectivity index (χ4n) is 2.67. The van der Waals surface area contributed by atoms with Crippen molar-refractivity contribution in [2.45, 2.75) is 13.0 Å². The van der Waals surface area contributed by atoms with Crippen LogP contribution in [0.25, 0.3) is 0 Å². The van der Waals surface area contributed by atoms with E-state index in [-0.39, 0.29) is 11.8 Å². The minimum atomic E-state index is -0.301. The largest absolute Gasteiger partial charge is 0.444 e. The zero-order valence-electron chi connectivity index (χ0n) is 13.4. The van der Waals surface area contributed by atoms with Gasteiger partial charge in [0, 0.05) is 24.0 Å². The van der Waals surface area contributed by atoms with Gasteiger partial charge in [0.15, 0.2) is 15.6 Å². The molecule has 0 radical (unpaired) electrons. The smallest absolute Gasteiger partial charge is 0.289 e. The number of nitrogens with one attached hydrogen (secondary N) is 1. The fourth-order valence-corrected chi connectivity index (χ4v) is 3.99. The van der Waals surface area contributed by atoms with E-state index in [1.165, 1.54) is 11.3 Å². The van der Waals surface area contributed by atoms with E-state index in [1.54, 1.807) is 41.4 Å². The summed E-state index contributed by atoms with van der Waals surface area (Å²) in [4.78, 5) is 35.9. The monoisotopic (exact) mass is 432 g/mol. The number of furan rings is 1. The molecule has 9 heteroatoms. The summed E-state index contributed by atoms with van der Waals surface area (Å²) in [6.07, 6.45) is 2.21. The van der Waals surface area contributed by atoms with Gasteiger partial charge in [0.25, 0.3) is 11.8 Å². The second-order valence-electron chi connectivity index (χ2n) is 5.64. The first-order valence-corrected chi connectivity index (χ1v) is 9.46. The number of hydrogen-bond acceptors (Lipinski definition) is 6. The summed E-state index contributed by atoms with van der Waals surface area (Å²) in [5.41, 5.74) is 1.25. The third-order valence-corrected chi connectivity index (χ3v) is 5.34.